The molecular formula is C13H16BrN3O. The number of rotatable bonds is 5. The van der Waals surface area contributed by atoms with Crippen molar-refractivity contribution in [2.75, 3.05) is 0 Å². The molecule has 0 saturated heterocycles. The fourth-order valence-electron chi connectivity index (χ4n) is 1.89. The van der Waals surface area contributed by atoms with E-state index in [0.29, 0.717) is 12.3 Å². The van der Waals surface area contributed by atoms with E-state index in [4.69, 9.17) is 0 Å². The first-order valence-electron chi connectivity index (χ1n) is 5.90. The molecule has 18 heavy (non-hydrogen) atoms. The fraction of sp³-hybridized carbons (Fsp3) is 0.308. The number of H-pyrrole nitrogens is 1. The summed E-state index contributed by atoms with van der Waals surface area (Å²) in [4.78, 5) is 0. The van der Waals surface area contributed by atoms with Gasteiger partial charge in [0.15, 0.2) is 0 Å². The number of phenolic OH excluding ortho intramolecular Hbond substituents is 1. The van der Waals surface area contributed by atoms with Crippen LogP contribution in [0.3, 0.4) is 0 Å². The van der Waals surface area contributed by atoms with Crippen molar-refractivity contribution in [3.8, 4) is 5.75 Å². The number of halogens is 1. The van der Waals surface area contributed by atoms with E-state index in [0.717, 1.165) is 22.2 Å². The Morgan fingerprint density at radius 2 is 2.28 bits per heavy atom. The highest BCUT2D eigenvalue weighted by Crippen LogP contribution is 2.29. The summed E-state index contributed by atoms with van der Waals surface area (Å²) in [5, 5.41) is 20.1. The third-order valence-corrected chi connectivity index (χ3v) is 3.36. The number of hydrogen-bond acceptors (Lipinski definition) is 3. The predicted octanol–water partition coefficient (Wildman–Crippen LogP) is 3.12. The van der Waals surface area contributed by atoms with Gasteiger partial charge >= 0.3 is 0 Å². The van der Waals surface area contributed by atoms with Gasteiger partial charge in [0, 0.05) is 34.5 Å². The molecule has 2 aromatic rings. The zero-order valence-corrected chi connectivity index (χ0v) is 11.7. The quantitative estimate of drug-likeness (QED) is 0.795. The van der Waals surface area contributed by atoms with Gasteiger partial charge in [-0.25, -0.2) is 0 Å². The maximum atomic E-state index is 9.91. The topological polar surface area (TPSA) is 60.9 Å². The summed E-state index contributed by atoms with van der Waals surface area (Å²) in [6.07, 6.45) is 2.63. The minimum Gasteiger partial charge on any atom is -0.508 e. The molecule has 0 aliphatic rings. The zero-order chi connectivity index (χ0) is 13.0. The summed E-state index contributed by atoms with van der Waals surface area (Å²) in [6.45, 7) is 2.79. The Balaban J connectivity index is 2.10. The Bertz CT molecular complexity index is 499. The standard InChI is InChI=1S/C13H16BrN3O/c1-2-12(15-8-10-5-6-16-17-10)11-7-9(14)3-4-13(11)18/h3-7,12,15,18H,2,8H2,1H3,(H,16,17). The van der Waals surface area contributed by atoms with Crippen LogP contribution >= 0.6 is 15.9 Å². The second-order valence-corrected chi connectivity index (χ2v) is 5.04. The van der Waals surface area contributed by atoms with Gasteiger partial charge in [-0.2, -0.15) is 5.10 Å². The number of aromatic hydroxyl groups is 1. The van der Waals surface area contributed by atoms with Crippen LogP contribution in [-0.2, 0) is 6.54 Å². The SMILES string of the molecule is CCC(NCc1ccn[nH]1)c1cc(Br)ccc1O. The average Bonchev–Trinajstić information content (AvgIpc) is 2.87. The minimum atomic E-state index is 0.116. The highest BCUT2D eigenvalue weighted by atomic mass is 79.9. The third-order valence-electron chi connectivity index (χ3n) is 2.87. The summed E-state index contributed by atoms with van der Waals surface area (Å²) in [6, 6.07) is 7.54. The second-order valence-electron chi connectivity index (χ2n) is 4.13. The lowest BCUT2D eigenvalue weighted by atomic mass is 10.0. The molecule has 0 spiro atoms. The first-order valence-corrected chi connectivity index (χ1v) is 6.70. The first-order chi connectivity index (χ1) is 8.70. The van der Waals surface area contributed by atoms with Crippen molar-refractivity contribution in [1.29, 1.82) is 0 Å². The van der Waals surface area contributed by atoms with Crippen molar-refractivity contribution < 1.29 is 5.11 Å². The molecule has 0 aliphatic carbocycles. The first kappa shape index (κ1) is 13.1. The van der Waals surface area contributed by atoms with E-state index in [-0.39, 0.29) is 6.04 Å². The van der Waals surface area contributed by atoms with E-state index in [9.17, 15) is 5.11 Å². The molecular weight excluding hydrogens is 294 g/mol. The van der Waals surface area contributed by atoms with Crippen LogP contribution in [0.1, 0.15) is 30.6 Å². The van der Waals surface area contributed by atoms with Crippen LogP contribution in [0.2, 0.25) is 0 Å². The monoisotopic (exact) mass is 309 g/mol. The summed E-state index contributed by atoms with van der Waals surface area (Å²) in [5.74, 6) is 0.321. The molecule has 0 radical (unpaired) electrons. The van der Waals surface area contributed by atoms with Gasteiger partial charge in [0.05, 0.1) is 0 Å². The molecule has 96 valence electrons. The van der Waals surface area contributed by atoms with Gasteiger partial charge in [0.1, 0.15) is 5.75 Å². The lowest BCUT2D eigenvalue weighted by Crippen LogP contribution is -2.20. The largest absolute Gasteiger partial charge is 0.508 e. The van der Waals surface area contributed by atoms with Crippen LogP contribution in [0, 0.1) is 0 Å². The second kappa shape index (κ2) is 6.02. The molecule has 4 nitrogen and oxygen atoms in total. The molecule has 1 aromatic carbocycles. The maximum absolute atomic E-state index is 9.91. The molecule has 2 rings (SSSR count). The maximum Gasteiger partial charge on any atom is 0.120 e. The molecule has 1 unspecified atom stereocenters. The van der Waals surface area contributed by atoms with E-state index in [2.05, 4.69) is 38.4 Å². The number of aromatic amines is 1. The van der Waals surface area contributed by atoms with Crippen molar-refractivity contribution in [3.05, 3.63) is 46.2 Å². The highest BCUT2D eigenvalue weighted by molar-refractivity contribution is 9.10. The number of benzene rings is 1. The molecule has 0 fully saturated rings. The van der Waals surface area contributed by atoms with Crippen molar-refractivity contribution in [3.63, 3.8) is 0 Å². The molecule has 3 N–H and O–H groups in total. The highest BCUT2D eigenvalue weighted by Gasteiger charge is 2.13. The molecule has 5 heteroatoms. The Kier molecular flexibility index (Phi) is 4.38. The molecule has 1 aromatic heterocycles. The molecule has 0 saturated carbocycles. The van der Waals surface area contributed by atoms with Crippen molar-refractivity contribution >= 4 is 15.9 Å². The van der Waals surface area contributed by atoms with Gasteiger partial charge in [0.2, 0.25) is 0 Å². The fourth-order valence-corrected chi connectivity index (χ4v) is 2.27. The van der Waals surface area contributed by atoms with Gasteiger partial charge in [-0.05, 0) is 30.7 Å². The van der Waals surface area contributed by atoms with Crippen LogP contribution in [0.15, 0.2) is 34.9 Å². The van der Waals surface area contributed by atoms with Crippen LogP contribution in [-0.4, -0.2) is 15.3 Å². The molecule has 0 aliphatic heterocycles. The zero-order valence-electron chi connectivity index (χ0n) is 10.2. The smallest absolute Gasteiger partial charge is 0.120 e. The molecule has 1 atom stereocenters. The Labute approximate surface area is 115 Å². The van der Waals surface area contributed by atoms with Gasteiger partial charge < -0.3 is 10.4 Å². The molecule has 0 amide bonds. The molecule has 0 bridgehead atoms. The summed E-state index contributed by atoms with van der Waals surface area (Å²) in [7, 11) is 0. The van der Waals surface area contributed by atoms with Crippen molar-refractivity contribution in [2.45, 2.75) is 25.9 Å². The number of nitrogens with zero attached hydrogens (tertiary/aromatic N) is 1. The van der Waals surface area contributed by atoms with Crippen molar-refractivity contribution in [2.24, 2.45) is 0 Å². The minimum absolute atomic E-state index is 0.116. The van der Waals surface area contributed by atoms with Crippen LogP contribution in [0.5, 0.6) is 5.75 Å². The number of nitrogens with one attached hydrogen (secondary N) is 2. The Hall–Kier alpha value is -1.33. The molecule has 1 heterocycles. The van der Waals surface area contributed by atoms with E-state index < -0.39 is 0 Å². The number of aromatic nitrogens is 2. The normalized spacial score (nSPS) is 12.6. The predicted molar refractivity (Wildman–Crippen MR) is 74.3 cm³/mol. The summed E-state index contributed by atoms with van der Waals surface area (Å²) < 4.78 is 0.970. The summed E-state index contributed by atoms with van der Waals surface area (Å²) in [5.41, 5.74) is 1.94. The van der Waals surface area contributed by atoms with E-state index >= 15 is 0 Å². The van der Waals surface area contributed by atoms with Gasteiger partial charge in [-0.1, -0.05) is 22.9 Å². The average molecular weight is 310 g/mol. The number of phenols is 1. The lowest BCUT2D eigenvalue weighted by molar-refractivity contribution is 0.439. The van der Waals surface area contributed by atoms with Gasteiger partial charge in [-0.3, -0.25) is 5.10 Å². The summed E-state index contributed by atoms with van der Waals surface area (Å²) >= 11 is 3.43. The van der Waals surface area contributed by atoms with Crippen molar-refractivity contribution in [1.82, 2.24) is 15.5 Å². The van der Waals surface area contributed by atoms with E-state index in [1.54, 1.807) is 12.3 Å². The Morgan fingerprint density at radius 1 is 1.44 bits per heavy atom. The Morgan fingerprint density at radius 3 is 2.94 bits per heavy atom. The number of hydrogen-bond donors (Lipinski definition) is 3. The van der Waals surface area contributed by atoms with E-state index in [1.165, 1.54) is 0 Å². The van der Waals surface area contributed by atoms with E-state index in [1.807, 2.05) is 18.2 Å². The van der Waals surface area contributed by atoms with Gasteiger partial charge in [-0.15, -0.1) is 0 Å². The van der Waals surface area contributed by atoms with Crippen LogP contribution in [0.25, 0.3) is 0 Å². The van der Waals surface area contributed by atoms with Crippen LogP contribution in [0.4, 0.5) is 0 Å². The lowest BCUT2D eigenvalue weighted by Gasteiger charge is -2.18. The van der Waals surface area contributed by atoms with Crippen LogP contribution < -0.4 is 5.32 Å². The van der Waals surface area contributed by atoms with Gasteiger partial charge in [0.25, 0.3) is 0 Å². The third kappa shape index (κ3) is 3.11.